The zero-order chi connectivity index (χ0) is 26.4. The van der Waals surface area contributed by atoms with Gasteiger partial charge in [-0.25, -0.2) is 8.78 Å². The van der Waals surface area contributed by atoms with Crippen LogP contribution >= 0.6 is 0 Å². The monoisotopic (exact) mass is 517 g/mol. The molecule has 192 valence electrons. The SMILES string of the molecule is CCC(CO)NC(=O)C(F)(F)C(F)(F)C(F)(F)C(F)(F)C(F)(F)C(F)(F)C(F)(F)C(F)F. The van der Waals surface area contributed by atoms with Crippen molar-refractivity contribution < 1.29 is 80.1 Å². The molecule has 3 nitrogen and oxygen atoms in total. The number of hydrogen-bond donors (Lipinski definition) is 2. The fourth-order valence-electron chi connectivity index (χ4n) is 1.83. The minimum atomic E-state index is -8.56. The van der Waals surface area contributed by atoms with Crippen LogP contribution in [0.5, 0.6) is 0 Å². The van der Waals surface area contributed by atoms with Crippen molar-refractivity contribution in [2.75, 3.05) is 6.61 Å². The Morgan fingerprint density at radius 2 is 1.06 bits per heavy atom. The van der Waals surface area contributed by atoms with Crippen LogP contribution in [0.25, 0.3) is 0 Å². The van der Waals surface area contributed by atoms with Crippen molar-refractivity contribution in [3.63, 3.8) is 0 Å². The molecule has 0 spiro atoms. The van der Waals surface area contributed by atoms with E-state index in [1.807, 2.05) is 0 Å². The summed E-state index contributed by atoms with van der Waals surface area (Å²) in [5.41, 5.74) is 0. The largest absolute Gasteiger partial charge is 0.394 e. The summed E-state index contributed by atoms with van der Waals surface area (Å²) in [4.78, 5) is 11.1. The third-order valence-corrected chi connectivity index (χ3v) is 4.00. The maximum absolute atomic E-state index is 13.5. The van der Waals surface area contributed by atoms with Gasteiger partial charge in [0.1, 0.15) is 0 Å². The van der Waals surface area contributed by atoms with Crippen LogP contribution in [-0.2, 0) is 4.79 Å². The van der Waals surface area contributed by atoms with Gasteiger partial charge in [-0.05, 0) is 6.42 Å². The van der Waals surface area contributed by atoms with Crippen LogP contribution in [0.3, 0.4) is 0 Å². The van der Waals surface area contributed by atoms with Gasteiger partial charge in [-0.3, -0.25) is 4.79 Å². The van der Waals surface area contributed by atoms with E-state index in [2.05, 4.69) is 0 Å². The molecule has 0 radical (unpaired) electrons. The lowest BCUT2D eigenvalue weighted by molar-refractivity contribution is -0.443. The van der Waals surface area contributed by atoms with Gasteiger partial charge in [0.25, 0.3) is 5.91 Å². The molecule has 1 amide bonds. The van der Waals surface area contributed by atoms with Crippen molar-refractivity contribution in [3.05, 3.63) is 0 Å². The molecule has 0 aliphatic carbocycles. The van der Waals surface area contributed by atoms with Crippen molar-refractivity contribution in [2.24, 2.45) is 0 Å². The van der Waals surface area contributed by atoms with Crippen molar-refractivity contribution in [1.29, 1.82) is 0 Å². The van der Waals surface area contributed by atoms with Gasteiger partial charge in [0.15, 0.2) is 0 Å². The summed E-state index contributed by atoms with van der Waals surface area (Å²) in [5.74, 6) is -59.8. The predicted octanol–water partition coefficient (Wildman–Crippen LogP) is 4.59. The summed E-state index contributed by atoms with van der Waals surface area (Å²) in [6.45, 7) is -0.338. The molecule has 0 aromatic rings. The Labute approximate surface area is 166 Å². The summed E-state index contributed by atoms with van der Waals surface area (Å²) in [7, 11) is 0. The second-order valence-electron chi connectivity index (χ2n) is 6.13. The van der Waals surface area contributed by atoms with Gasteiger partial charge in [0, 0.05) is 0 Å². The zero-order valence-corrected chi connectivity index (χ0v) is 15.0. The highest BCUT2D eigenvalue weighted by Crippen LogP contribution is 2.62. The number of halogens is 16. The van der Waals surface area contributed by atoms with Gasteiger partial charge in [-0.15, -0.1) is 0 Å². The number of aliphatic hydroxyl groups is 1. The highest BCUT2D eigenvalue weighted by Gasteiger charge is 2.94. The molecule has 0 bridgehead atoms. The van der Waals surface area contributed by atoms with E-state index in [1.165, 1.54) is 0 Å². The molecule has 0 fully saturated rings. The summed E-state index contributed by atoms with van der Waals surface area (Å²) in [6.07, 6.45) is -6.49. The van der Waals surface area contributed by atoms with Crippen molar-refractivity contribution in [1.82, 2.24) is 5.32 Å². The second kappa shape index (κ2) is 8.58. The van der Waals surface area contributed by atoms with Gasteiger partial charge in [0.05, 0.1) is 12.6 Å². The molecule has 0 aliphatic heterocycles. The topological polar surface area (TPSA) is 49.3 Å². The second-order valence-corrected chi connectivity index (χ2v) is 6.13. The average Bonchev–Trinajstić information content (AvgIpc) is 2.64. The molecule has 0 saturated carbocycles. The lowest BCUT2D eigenvalue weighted by atomic mass is 9.89. The van der Waals surface area contributed by atoms with Crippen LogP contribution in [0.2, 0.25) is 0 Å². The number of carbonyl (C=O) groups is 1. The van der Waals surface area contributed by atoms with Gasteiger partial charge < -0.3 is 10.4 Å². The first kappa shape index (κ1) is 30.3. The van der Waals surface area contributed by atoms with E-state index in [9.17, 15) is 75.0 Å². The maximum atomic E-state index is 13.5. The number of hydrogen-bond acceptors (Lipinski definition) is 2. The maximum Gasteiger partial charge on any atom is 0.392 e. The minimum absolute atomic E-state index is 0.566. The van der Waals surface area contributed by atoms with E-state index in [4.69, 9.17) is 5.11 Å². The van der Waals surface area contributed by atoms with Gasteiger partial charge in [0.2, 0.25) is 0 Å². The van der Waals surface area contributed by atoms with E-state index in [1.54, 1.807) is 0 Å². The van der Waals surface area contributed by atoms with Crippen molar-refractivity contribution in [3.8, 4) is 0 Å². The molecule has 32 heavy (non-hydrogen) atoms. The highest BCUT2D eigenvalue weighted by atomic mass is 19.4. The molecule has 0 aromatic heterocycles. The third-order valence-electron chi connectivity index (χ3n) is 4.00. The number of alkyl halides is 16. The summed E-state index contributed by atoms with van der Waals surface area (Å²) in [6, 6.07) is -1.89. The molecular formula is C13H11F16NO2. The molecule has 0 rings (SSSR count). The lowest BCUT2D eigenvalue weighted by Crippen LogP contribution is -2.75. The molecule has 0 aliphatic rings. The Balaban J connectivity index is 6.58. The van der Waals surface area contributed by atoms with Gasteiger partial charge in [-0.2, -0.15) is 61.5 Å². The summed E-state index contributed by atoms with van der Waals surface area (Å²) >= 11 is 0. The normalized spacial score (nSPS) is 16.3. The Morgan fingerprint density at radius 1 is 0.719 bits per heavy atom. The first-order valence-corrected chi connectivity index (χ1v) is 7.70. The Kier molecular flexibility index (Phi) is 8.13. The van der Waals surface area contributed by atoms with E-state index in [0.717, 1.165) is 12.2 Å². The molecular weight excluding hydrogens is 506 g/mol. The standard InChI is InChI=1S/C13H11F16NO2/c1-2-4(3-31)30-6(32)8(18,19)10(22,23)12(26,27)13(28,29)11(24,25)9(20,21)7(16,17)5(14)15/h4-5,31H,2-3H2,1H3,(H,30,32). The van der Waals surface area contributed by atoms with Gasteiger partial charge in [-0.1, -0.05) is 6.92 Å². The Morgan fingerprint density at radius 3 is 1.38 bits per heavy atom. The molecule has 0 aromatic carbocycles. The fraction of sp³-hybridized carbons (Fsp3) is 0.923. The summed E-state index contributed by atoms with van der Waals surface area (Å²) < 4.78 is 210. The van der Waals surface area contributed by atoms with Crippen LogP contribution in [0, 0.1) is 0 Å². The quantitative estimate of drug-likeness (QED) is 0.395. The molecule has 1 unspecified atom stereocenters. The zero-order valence-electron chi connectivity index (χ0n) is 15.0. The third kappa shape index (κ3) is 4.04. The van der Waals surface area contributed by atoms with Crippen LogP contribution in [0.4, 0.5) is 70.2 Å². The van der Waals surface area contributed by atoms with Crippen molar-refractivity contribution in [2.45, 2.75) is 67.3 Å². The van der Waals surface area contributed by atoms with Crippen LogP contribution in [0.1, 0.15) is 13.3 Å². The van der Waals surface area contributed by atoms with Crippen molar-refractivity contribution >= 4 is 5.91 Å². The van der Waals surface area contributed by atoms with Gasteiger partial charge >= 0.3 is 47.9 Å². The number of rotatable bonds is 11. The first-order chi connectivity index (χ1) is 13.9. The summed E-state index contributed by atoms with van der Waals surface area (Å²) in [5, 5.41) is 9.36. The first-order valence-electron chi connectivity index (χ1n) is 7.70. The molecule has 0 saturated heterocycles. The van der Waals surface area contributed by atoms with Crippen LogP contribution in [-0.4, -0.2) is 71.5 Å². The van der Waals surface area contributed by atoms with E-state index in [-0.39, 0.29) is 0 Å². The number of carbonyl (C=O) groups excluding carboxylic acids is 1. The Hall–Kier alpha value is -1.69. The Bertz CT molecular complexity index is 673. The molecule has 19 heteroatoms. The van der Waals surface area contributed by atoms with E-state index >= 15 is 0 Å². The highest BCUT2D eigenvalue weighted by molar-refractivity contribution is 5.85. The van der Waals surface area contributed by atoms with Crippen LogP contribution < -0.4 is 5.32 Å². The number of aliphatic hydroxyl groups excluding tert-OH is 1. The average molecular weight is 517 g/mol. The van der Waals surface area contributed by atoms with Crippen LogP contribution in [0.15, 0.2) is 0 Å². The molecule has 0 heterocycles. The minimum Gasteiger partial charge on any atom is -0.394 e. The number of amides is 1. The number of nitrogens with one attached hydrogen (secondary N) is 1. The smallest absolute Gasteiger partial charge is 0.392 e. The van der Waals surface area contributed by atoms with E-state index < -0.39 is 72.9 Å². The molecule has 1 atom stereocenters. The fourth-order valence-corrected chi connectivity index (χ4v) is 1.83. The molecule has 2 N–H and O–H groups in total. The predicted molar refractivity (Wildman–Crippen MR) is 69.9 cm³/mol. The lowest BCUT2D eigenvalue weighted by Gasteiger charge is -2.42. The van der Waals surface area contributed by atoms with E-state index in [0.29, 0.717) is 0 Å².